The lowest BCUT2D eigenvalue weighted by Crippen LogP contribution is -2.40. The minimum atomic E-state index is -0.184. The van der Waals surface area contributed by atoms with Gasteiger partial charge in [0.25, 0.3) is 0 Å². The Morgan fingerprint density at radius 3 is 2.94 bits per heavy atom. The first-order valence-electron chi connectivity index (χ1n) is 6.50. The van der Waals surface area contributed by atoms with E-state index in [1.54, 1.807) is 0 Å². The van der Waals surface area contributed by atoms with E-state index in [-0.39, 0.29) is 12.1 Å². The molecule has 0 radical (unpaired) electrons. The third-order valence-electron chi connectivity index (χ3n) is 3.04. The molecule has 2 unspecified atom stereocenters. The van der Waals surface area contributed by atoms with Gasteiger partial charge < -0.3 is 20.5 Å². The van der Waals surface area contributed by atoms with Crippen molar-refractivity contribution in [3.05, 3.63) is 0 Å². The molecule has 3 N–H and O–H groups in total. The highest BCUT2D eigenvalue weighted by atomic mass is 16.5. The van der Waals surface area contributed by atoms with Crippen molar-refractivity contribution in [2.75, 3.05) is 26.3 Å². The number of ether oxygens (including phenoxy) is 1. The van der Waals surface area contributed by atoms with Gasteiger partial charge in [-0.15, -0.1) is 0 Å². The van der Waals surface area contributed by atoms with Crippen LogP contribution in [0.1, 0.15) is 32.6 Å². The van der Waals surface area contributed by atoms with E-state index in [2.05, 4.69) is 10.6 Å². The summed E-state index contributed by atoms with van der Waals surface area (Å²) in [6.45, 7) is 4.33. The molecule has 2 amide bonds. The van der Waals surface area contributed by atoms with Gasteiger partial charge >= 0.3 is 6.03 Å². The van der Waals surface area contributed by atoms with Crippen LogP contribution < -0.4 is 10.6 Å². The predicted molar refractivity (Wildman–Crippen MR) is 65.9 cm³/mol. The lowest BCUT2D eigenvalue weighted by molar-refractivity contribution is 0.101. The van der Waals surface area contributed by atoms with Crippen molar-refractivity contribution in [2.45, 2.75) is 38.7 Å². The molecule has 1 rings (SSSR count). The molecule has 0 bridgehead atoms. The fraction of sp³-hybridized carbons (Fsp3) is 0.917. The smallest absolute Gasteiger partial charge is 0.314 e. The van der Waals surface area contributed by atoms with Gasteiger partial charge in [0.2, 0.25) is 0 Å². The highest BCUT2D eigenvalue weighted by molar-refractivity contribution is 5.73. The second-order valence-electron chi connectivity index (χ2n) is 4.52. The van der Waals surface area contributed by atoms with Gasteiger partial charge in [-0.3, -0.25) is 0 Å². The molecule has 2 atom stereocenters. The Hall–Kier alpha value is -0.810. The zero-order chi connectivity index (χ0) is 12.5. The number of urea groups is 1. The van der Waals surface area contributed by atoms with Crippen molar-refractivity contribution < 1.29 is 14.6 Å². The van der Waals surface area contributed by atoms with Crippen molar-refractivity contribution in [3.8, 4) is 0 Å². The Morgan fingerprint density at radius 2 is 2.24 bits per heavy atom. The van der Waals surface area contributed by atoms with Gasteiger partial charge in [-0.05, 0) is 32.1 Å². The minimum Gasteiger partial charge on any atom is -0.393 e. The molecule has 1 aliphatic carbocycles. The third kappa shape index (κ3) is 6.48. The molecule has 1 fully saturated rings. The van der Waals surface area contributed by atoms with Crippen molar-refractivity contribution in [2.24, 2.45) is 5.92 Å². The summed E-state index contributed by atoms with van der Waals surface area (Å²) in [5.41, 5.74) is 0. The van der Waals surface area contributed by atoms with Crippen molar-refractivity contribution in [1.29, 1.82) is 0 Å². The van der Waals surface area contributed by atoms with Crippen LogP contribution in [-0.4, -0.2) is 43.5 Å². The highest BCUT2D eigenvalue weighted by Crippen LogP contribution is 2.23. The van der Waals surface area contributed by atoms with Crippen LogP contribution in [-0.2, 0) is 4.74 Å². The van der Waals surface area contributed by atoms with Crippen LogP contribution in [0.15, 0.2) is 0 Å². The number of aliphatic hydroxyl groups is 1. The number of aliphatic hydroxyl groups excluding tert-OH is 1. The Balaban J connectivity index is 2.02. The molecule has 0 saturated heterocycles. The molecule has 17 heavy (non-hydrogen) atoms. The molecule has 0 aromatic rings. The number of nitrogens with one attached hydrogen (secondary N) is 2. The predicted octanol–water partition coefficient (Wildman–Crippen LogP) is 0.873. The second kappa shape index (κ2) is 8.31. The summed E-state index contributed by atoms with van der Waals surface area (Å²) in [5.74, 6) is 0.413. The van der Waals surface area contributed by atoms with E-state index in [9.17, 15) is 9.90 Å². The van der Waals surface area contributed by atoms with E-state index in [0.717, 1.165) is 25.7 Å². The maximum absolute atomic E-state index is 11.4. The van der Waals surface area contributed by atoms with E-state index in [1.165, 1.54) is 0 Å². The van der Waals surface area contributed by atoms with Crippen molar-refractivity contribution >= 4 is 6.03 Å². The molecular formula is C12H24N2O3. The summed E-state index contributed by atoms with van der Waals surface area (Å²) in [5, 5.41) is 15.1. The highest BCUT2D eigenvalue weighted by Gasteiger charge is 2.20. The summed E-state index contributed by atoms with van der Waals surface area (Å²) in [7, 11) is 0. The van der Waals surface area contributed by atoms with E-state index >= 15 is 0 Å². The van der Waals surface area contributed by atoms with Crippen LogP contribution in [0.2, 0.25) is 0 Å². The van der Waals surface area contributed by atoms with Crippen LogP contribution in [0.3, 0.4) is 0 Å². The standard InChI is InChI=1S/C12H24N2O3/c1-2-17-7-6-13-12(16)14-9-10-4-3-5-11(15)8-10/h10-11,15H,2-9H2,1H3,(H2,13,14,16). The molecule has 0 aromatic heterocycles. The maximum Gasteiger partial charge on any atom is 0.314 e. The van der Waals surface area contributed by atoms with Gasteiger partial charge in [-0.25, -0.2) is 4.79 Å². The average molecular weight is 244 g/mol. The lowest BCUT2D eigenvalue weighted by Gasteiger charge is -2.25. The zero-order valence-corrected chi connectivity index (χ0v) is 10.6. The van der Waals surface area contributed by atoms with Gasteiger partial charge in [0.1, 0.15) is 0 Å². The summed E-state index contributed by atoms with van der Waals surface area (Å²) in [6.07, 6.45) is 3.67. The van der Waals surface area contributed by atoms with Gasteiger partial charge in [0.15, 0.2) is 0 Å². The number of carbonyl (C=O) groups excluding carboxylic acids is 1. The van der Waals surface area contributed by atoms with E-state index in [1.807, 2.05) is 6.92 Å². The molecule has 5 heteroatoms. The minimum absolute atomic E-state index is 0.148. The Morgan fingerprint density at radius 1 is 1.41 bits per heavy atom. The fourth-order valence-corrected chi connectivity index (χ4v) is 2.13. The van der Waals surface area contributed by atoms with Crippen molar-refractivity contribution in [3.63, 3.8) is 0 Å². The molecule has 0 spiro atoms. The topological polar surface area (TPSA) is 70.6 Å². The van der Waals surface area contributed by atoms with E-state index < -0.39 is 0 Å². The van der Waals surface area contributed by atoms with Crippen molar-refractivity contribution in [1.82, 2.24) is 10.6 Å². The number of hydrogen-bond donors (Lipinski definition) is 3. The average Bonchev–Trinajstić information content (AvgIpc) is 2.32. The van der Waals surface area contributed by atoms with Gasteiger partial charge in [0.05, 0.1) is 12.7 Å². The van der Waals surface area contributed by atoms with Crippen LogP contribution in [0.5, 0.6) is 0 Å². The summed E-state index contributed by atoms with van der Waals surface area (Å²) >= 11 is 0. The molecule has 0 heterocycles. The van der Waals surface area contributed by atoms with Crippen LogP contribution in [0.25, 0.3) is 0 Å². The Labute approximate surface area is 103 Å². The molecule has 1 aliphatic rings. The monoisotopic (exact) mass is 244 g/mol. The van der Waals surface area contributed by atoms with E-state index in [0.29, 0.717) is 32.2 Å². The Bertz CT molecular complexity index is 224. The normalized spacial score (nSPS) is 24.4. The molecule has 0 aliphatic heterocycles. The Kier molecular flexibility index (Phi) is 6.96. The first kappa shape index (κ1) is 14.3. The van der Waals surface area contributed by atoms with Gasteiger partial charge in [0, 0.05) is 19.7 Å². The molecule has 1 saturated carbocycles. The molecule has 5 nitrogen and oxygen atoms in total. The number of amides is 2. The van der Waals surface area contributed by atoms with Crippen LogP contribution in [0.4, 0.5) is 4.79 Å². The number of hydrogen-bond acceptors (Lipinski definition) is 3. The summed E-state index contributed by atoms with van der Waals surface area (Å²) in [4.78, 5) is 11.4. The SMILES string of the molecule is CCOCCNC(=O)NCC1CCCC(O)C1. The first-order chi connectivity index (χ1) is 8.22. The van der Waals surface area contributed by atoms with Crippen LogP contribution >= 0.6 is 0 Å². The molecule has 100 valence electrons. The van der Waals surface area contributed by atoms with Gasteiger partial charge in [-0.1, -0.05) is 6.42 Å². The zero-order valence-electron chi connectivity index (χ0n) is 10.6. The molecule has 0 aromatic carbocycles. The van der Waals surface area contributed by atoms with Crippen LogP contribution in [0, 0.1) is 5.92 Å². The van der Waals surface area contributed by atoms with Gasteiger partial charge in [-0.2, -0.15) is 0 Å². The lowest BCUT2D eigenvalue weighted by atomic mass is 9.87. The molecular weight excluding hydrogens is 220 g/mol. The number of rotatable bonds is 6. The first-order valence-corrected chi connectivity index (χ1v) is 6.50. The summed E-state index contributed by atoms with van der Waals surface area (Å²) in [6, 6.07) is -0.148. The fourth-order valence-electron chi connectivity index (χ4n) is 2.13. The number of carbonyl (C=O) groups is 1. The summed E-state index contributed by atoms with van der Waals surface area (Å²) < 4.78 is 5.12. The van der Waals surface area contributed by atoms with E-state index in [4.69, 9.17) is 4.74 Å². The third-order valence-corrected chi connectivity index (χ3v) is 3.04. The quantitative estimate of drug-likeness (QED) is 0.607. The maximum atomic E-state index is 11.4. The largest absolute Gasteiger partial charge is 0.393 e. The second-order valence-corrected chi connectivity index (χ2v) is 4.52.